The quantitative estimate of drug-likeness (QED) is 0.725. The number of rotatable bonds is 4. The number of hydrogen-bond donors (Lipinski definition) is 2. The predicted octanol–water partition coefficient (Wildman–Crippen LogP) is 4.73. The van der Waals surface area contributed by atoms with Gasteiger partial charge in [0.15, 0.2) is 0 Å². The summed E-state index contributed by atoms with van der Waals surface area (Å²) in [5.74, 6) is -1.27. The molecule has 1 aromatic carbocycles. The number of carboxylic acid groups (broad SMARTS) is 1. The van der Waals surface area contributed by atoms with Crippen molar-refractivity contribution >= 4 is 56.7 Å². The van der Waals surface area contributed by atoms with Crippen molar-refractivity contribution in [3.63, 3.8) is 0 Å². The van der Waals surface area contributed by atoms with Gasteiger partial charge in [0.1, 0.15) is 0 Å². The van der Waals surface area contributed by atoms with Crippen molar-refractivity contribution in [3.05, 3.63) is 26.7 Å². The Kier molecular flexibility index (Phi) is 5.17. The summed E-state index contributed by atoms with van der Waals surface area (Å²) in [5, 5.41) is 12.6. The molecule has 1 saturated carbocycles. The number of aliphatic carboxylic acids is 1. The molecule has 114 valence electrons. The highest BCUT2D eigenvalue weighted by Crippen LogP contribution is 2.42. The van der Waals surface area contributed by atoms with Crippen LogP contribution in [0.2, 0.25) is 10.0 Å². The minimum absolute atomic E-state index is 0.0493. The molecule has 1 aromatic rings. The van der Waals surface area contributed by atoms with Crippen LogP contribution >= 0.6 is 39.1 Å². The molecular formula is C14H14BrCl2NO3. The van der Waals surface area contributed by atoms with Gasteiger partial charge in [-0.1, -0.05) is 36.0 Å². The molecule has 2 rings (SSSR count). The van der Waals surface area contributed by atoms with Crippen molar-refractivity contribution in [3.8, 4) is 0 Å². The zero-order valence-corrected chi connectivity index (χ0v) is 14.2. The van der Waals surface area contributed by atoms with Gasteiger partial charge in [-0.3, -0.25) is 9.59 Å². The van der Waals surface area contributed by atoms with Crippen molar-refractivity contribution in [2.45, 2.75) is 32.1 Å². The summed E-state index contributed by atoms with van der Waals surface area (Å²) in [5.41, 5.74) is -0.566. The molecule has 2 N–H and O–H groups in total. The number of hydrogen-bond acceptors (Lipinski definition) is 2. The van der Waals surface area contributed by atoms with Crippen LogP contribution in [0.4, 0.5) is 5.69 Å². The summed E-state index contributed by atoms with van der Waals surface area (Å²) >= 11 is 15.3. The van der Waals surface area contributed by atoms with Gasteiger partial charge in [0, 0.05) is 10.9 Å². The van der Waals surface area contributed by atoms with Gasteiger partial charge in [0.25, 0.3) is 0 Å². The number of nitrogens with one attached hydrogen (secondary N) is 1. The van der Waals surface area contributed by atoms with Gasteiger partial charge in [0.05, 0.1) is 21.1 Å². The van der Waals surface area contributed by atoms with Crippen molar-refractivity contribution in [2.75, 3.05) is 5.32 Å². The third-order valence-electron chi connectivity index (χ3n) is 3.82. The summed E-state index contributed by atoms with van der Waals surface area (Å²) in [6, 6.07) is 3.30. The Morgan fingerprint density at radius 3 is 2.43 bits per heavy atom. The van der Waals surface area contributed by atoms with Crippen LogP contribution in [0, 0.1) is 5.41 Å². The van der Waals surface area contributed by atoms with E-state index in [-0.39, 0.29) is 17.4 Å². The van der Waals surface area contributed by atoms with Gasteiger partial charge in [-0.05, 0) is 40.9 Å². The average Bonchev–Trinajstić information content (AvgIpc) is 2.89. The summed E-state index contributed by atoms with van der Waals surface area (Å²) in [7, 11) is 0. The van der Waals surface area contributed by atoms with E-state index in [1.165, 1.54) is 0 Å². The second-order valence-electron chi connectivity index (χ2n) is 5.24. The number of carboxylic acids is 1. The molecule has 0 atom stereocenters. The van der Waals surface area contributed by atoms with Crippen LogP contribution in [0.1, 0.15) is 32.1 Å². The summed E-state index contributed by atoms with van der Waals surface area (Å²) in [6.07, 6.45) is 2.69. The second-order valence-corrected chi connectivity index (χ2v) is 6.85. The van der Waals surface area contributed by atoms with Crippen LogP contribution in [0.15, 0.2) is 16.6 Å². The van der Waals surface area contributed by atoms with E-state index in [0.717, 1.165) is 12.8 Å². The van der Waals surface area contributed by atoms with Crippen LogP contribution in [0.5, 0.6) is 0 Å². The van der Waals surface area contributed by atoms with Gasteiger partial charge >= 0.3 is 5.97 Å². The molecule has 0 saturated heterocycles. The minimum atomic E-state index is -0.949. The highest BCUT2D eigenvalue weighted by atomic mass is 79.9. The van der Waals surface area contributed by atoms with E-state index in [1.54, 1.807) is 12.1 Å². The molecule has 0 aliphatic heterocycles. The largest absolute Gasteiger partial charge is 0.481 e. The third-order valence-corrected chi connectivity index (χ3v) is 5.59. The lowest BCUT2D eigenvalue weighted by Gasteiger charge is -2.23. The van der Waals surface area contributed by atoms with E-state index in [0.29, 0.717) is 28.0 Å². The van der Waals surface area contributed by atoms with E-state index < -0.39 is 11.4 Å². The summed E-state index contributed by atoms with van der Waals surface area (Å²) in [4.78, 5) is 23.6. The van der Waals surface area contributed by atoms with E-state index in [1.807, 2.05) is 0 Å². The molecule has 1 amide bonds. The first-order valence-corrected chi connectivity index (χ1v) is 8.07. The maximum absolute atomic E-state index is 12.1. The van der Waals surface area contributed by atoms with Crippen LogP contribution < -0.4 is 5.32 Å². The molecule has 1 fully saturated rings. The molecule has 0 heterocycles. The predicted molar refractivity (Wildman–Crippen MR) is 85.9 cm³/mol. The topological polar surface area (TPSA) is 66.4 Å². The maximum atomic E-state index is 12.1. The van der Waals surface area contributed by atoms with Crippen LogP contribution in [-0.2, 0) is 9.59 Å². The zero-order valence-electron chi connectivity index (χ0n) is 11.1. The van der Waals surface area contributed by atoms with Crippen molar-refractivity contribution < 1.29 is 14.7 Å². The number of amides is 1. The Balaban J connectivity index is 2.12. The van der Waals surface area contributed by atoms with Gasteiger partial charge in [0.2, 0.25) is 5.91 Å². The molecule has 0 unspecified atom stereocenters. The Bertz CT molecular complexity index is 586. The number of anilines is 1. The lowest BCUT2D eigenvalue weighted by atomic mass is 9.82. The van der Waals surface area contributed by atoms with E-state index in [4.69, 9.17) is 23.2 Å². The highest BCUT2D eigenvalue weighted by Gasteiger charge is 2.43. The average molecular weight is 395 g/mol. The lowest BCUT2D eigenvalue weighted by molar-refractivity contribution is -0.150. The second kappa shape index (κ2) is 6.55. The highest BCUT2D eigenvalue weighted by molar-refractivity contribution is 9.10. The standard InChI is InChI=1S/C14H14BrCl2NO3/c15-8-3-4-9(12(17)11(8)16)18-10(19)7-14(13(20)21)5-1-2-6-14/h3-4H,1-2,5-7H2,(H,18,19)(H,20,21). The van der Waals surface area contributed by atoms with Gasteiger partial charge < -0.3 is 10.4 Å². The van der Waals surface area contributed by atoms with E-state index in [9.17, 15) is 14.7 Å². The zero-order chi connectivity index (χ0) is 15.6. The van der Waals surface area contributed by atoms with Gasteiger partial charge in [-0.2, -0.15) is 0 Å². The molecule has 21 heavy (non-hydrogen) atoms. The Morgan fingerprint density at radius 2 is 1.86 bits per heavy atom. The molecular weight excluding hydrogens is 381 g/mol. The molecule has 1 aliphatic carbocycles. The molecule has 1 aliphatic rings. The fraction of sp³-hybridized carbons (Fsp3) is 0.429. The smallest absolute Gasteiger partial charge is 0.310 e. The minimum Gasteiger partial charge on any atom is -0.481 e. The Hall–Kier alpha value is -0.780. The van der Waals surface area contributed by atoms with Gasteiger partial charge in [-0.25, -0.2) is 0 Å². The van der Waals surface area contributed by atoms with Crippen LogP contribution in [-0.4, -0.2) is 17.0 Å². The van der Waals surface area contributed by atoms with Crippen LogP contribution in [0.3, 0.4) is 0 Å². The normalized spacial score (nSPS) is 16.7. The van der Waals surface area contributed by atoms with E-state index in [2.05, 4.69) is 21.2 Å². The maximum Gasteiger partial charge on any atom is 0.310 e. The molecule has 0 aromatic heterocycles. The fourth-order valence-corrected chi connectivity index (χ4v) is 3.46. The van der Waals surface area contributed by atoms with Crippen molar-refractivity contribution in [2.24, 2.45) is 5.41 Å². The molecule has 0 radical (unpaired) electrons. The number of halogens is 3. The molecule has 4 nitrogen and oxygen atoms in total. The summed E-state index contributed by atoms with van der Waals surface area (Å²) in [6.45, 7) is 0. The van der Waals surface area contributed by atoms with E-state index >= 15 is 0 Å². The Labute approximate surface area is 140 Å². The lowest BCUT2D eigenvalue weighted by Crippen LogP contribution is -2.32. The summed E-state index contributed by atoms with van der Waals surface area (Å²) < 4.78 is 0.630. The molecule has 0 spiro atoms. The van der Waals surface area contributed by atoms with Crippen molar-refractivity contribution in [1.82, 2.24) is 0 Å². The van der Waals surface area contributed by atoms with Gasteiger partial charge in [-0.15, -0.1) is 0 Å². The number of benzene rings is 1. The van der Waals surface area contributed by atoms with Crippen molar-refractivity contribution in [1.29, 1.82) is 0 Å². The first kappa shape index (κ1) is 16.6. The fourth-order valence-electron chi connectivity index (χ4n) is 2.64. The SMILES string of the molecule is O=C(CC1(C(=O)O)CCCC1)Nc1ccc(Br)c(Cl)c1Cl. The van der Waals surface area contributed by atoms with Crippen LogP contribution in [0.25, 0.3) is 0 Å². The first-order valence-electron chi connectivity index (χ1n) is 6.52. The first-order chi connectivity index (χ1) is 9.85. The molecule has 7 heteroatoms. The third kappa shape index (κ3) is 3.52. The number of carbonyl (C=O) groups excluding carboxylic acids is 1. The molecule has 0 bridgehead atoms. The Morgan fingerprint density at radius 1 is 1.24 bits per heavy atom. The number of carbonyl (C=O) groups is 2. The monoisotopic (exact) mass is 393 g/mol.